The van der Waals surface area contributed by atoms with Crippen LogP contribution < -0.4 is 15.2 Å². The maximum Gasteiger partial charge on any atom is 0.258 e. The van der Waals surface area contributed by atoms with Crippen molar-refractivity contribution in [3.05, 3.63) is 75.2 Å². The van der Waals surface area contributed by atoms with E-state index >= 15 is 0 Å². The summed E-state index contributed by atoms with van der Waals surface area (Å²) in [6, 6.07) is 6.98. The van der Waals surface area contributed by atoms with E-state index in [0.717, 1.165) is 37.6 Å². The molecule has 31 heavy (non-hydrogen) atoms. The fourth-order valence-corrected chi connectivity index (χ4v) is 3.63. The molecule has 3 heterocycles. The zero-order chi connectivity index (χ0) is 22.0. The van der Waals surface area contributed by atoms with Crippen molar-refractivity contribution >= 4 is 17.5 Å². The van der Waals surface area contributed by atoms with Gasteiger partial charge in [-0.15, -0.1) is 0 Å². The molecule has 1 fully saturated rings. The Morgan fingerprint density at radius 3 is 2.58 bits per heavy atom. The molecule has 9 heteroatoms. The van der Waals surface area contributed by atoms with Crippen LogP contribution in [0, 0.1) is 24.1 Å². The van der Waals surface area contributed by atoms with Crippen LogP contribution in [0.4, 0.5) is 10.3 Å². The third kappa shape index (κ3) is 4.52. The maximum absolute atomic E-state index is 13.9. The van der Waals surface area contributed by atoms with E-state index in [-0.39, 0.29) is 22.4 Å². The van der Waals surface area contributed by atoms with Crippen molar-refractivity contribution in [1.29, 1.82) is 5.26 Å². The van der Waals surface area contributed by atoms with Crippen LogP contribution in [0.25, 0.3) is 5.69 Å². The van der Waals surface area contributed by atoms with Crippen LogP contribution in [-0.2, 0) is 0 Å². The lowest BCUT2D eigenvalue weighted by Gasteiger charge is -2.32. The van der Waals surface area contributed by atoms with E-state index < -0.39 is 11.4 Å². The zero-order valence-electron chi connectivity index (χ0n) is 16.8. The van der Waals surface area contributed by atoms with Crippen molar-refractivity contribution in [3.63, 3.8) is 0 Å². The van der Waals surface area contributed by atoms with Gasteiger partial charge < -0.3 is 9.64 Å². The summed E-state index contributed by atoms with van der Waals surface area (Å²) in [6.45, 7) is 3.40. The Kier molecular flexibility index (Phi) is 5.87. The fraction of sp³-hybridized carbons (Fsp3) is 0.273. The smallest absolute Gasteiger partial charge is 0.258 e. The average molecular weight is 440 g/mol. The van der Waals surface area contributed by atoms with Gasteiger partial charge in [0.1, 0.15) is 23.7 Å². The molecule has 7 nitrogen and oxygen atoms in total. The van der Waals surface area contributed by atoms with E-state index in [9.17, 15) is 9.18 Å². The standard InChI is InChI=1S/C22H19ClFN5O2/c1-14-11-26-22(27-12-14)28-6-4-17(5-7-28)31-20-9-21(30)29(13-18(20)23)16-3-2-15(10-25)19(24)8-16/h2-3,8-9,11-13,17H,4-7H2,1H3. The third-order valence-electron chi connectivity index (χ3n) is 5.11. The van der Waals surface area contributed by atoms with Crippen molar-refractivity contribution in [2.24, 2.45) is 0 Å². The number of halogens is 2. The average Bonchev–Trinajstić information content (AvgIpc) is 2.77. The Balaban J connectivity index is 1.46. The van der Waals surface area contributed by atoms with Crippen LogP contribution >= 0.6 is 11.6 Å². The number of ether oxygens (including phenoxy) is 1. The molecule has 3 aromatic rings. The molecule has 0 unspecified atom stereocenters. The highest BCUT2D eigenvalue weighted by Crippen LogP contribution is 2.27. The number of nitriles is 1. The van der Waals surface area contributed by atoms with E-state index in [1.54, 1.807) is 18.5 Å². The Morgan fingerprint density at radius 2 is 1.94 bits per heavy atom. The minimum absolute atomic E-state index is 0.0924. The molecule has 1 saturated heterocycles. The van der Waals surface area contributed by atoms with Crippen LogP contribution in [0.1, 0.15) is 24.0 Å². The number of hydrogen-bond acceptors (Lipinski definition) is 6. The molecule has 2 aromatic heterocycles. The number of pyridine rings is 1. The monoisotopic (exact) mass is 439 g/mol. The minimum atomic E-state index is -0.701. The predicted octanol–water partition coefficient (Wildman–Crippen LogP) is 3.65. The number of aromatic nitrogens is 3. The van der Waals surface area contributed by atoms with Gasteiger partial charge in [0.05, 0.1) is 16.3 Å². The molecule has 0 bridgehead atoms. The summed E-state index contributed by atoms with van der Waals surface area (Å²) in [7, 11) is 0. The second kappa shape index (κ2) is 8.74. The molecule has 1 aliphatic heterocycles. The third-order valence-corrected chi connectivity index (χ3v) is 5.39. The van der Waals surface area contributed by atoms with Crippen molar-refractivity contribution in [2.45, 2.75) is 25.9 Å². The summed E-state index contributed by atoms with van der Waals surface area (Å²) in [4.78, 5) is 23.4. The second-order valence-electron chi connectivity index (χ2n) is 7.33. The molecule has 0 aliphatic carbocycles. The molecular formula is C22H19ClFN5O2. The number of aryl methyl sites for hydroxylation is 1. The molecule has 0 amide bonds. The topological polar surface area (TPSA) is 84.0 Å². The zero-order valence-corrected chi connectivity index (χ0v) is 17.5. The summed E-state index contributed by atoms with van der Waals surface area (Å²) >= 11 is 6.35. The number of rotatable bonds is 4. The van der Waals surface area contributed by atoms with E-state index in [0.29, 0.717) is 11.7 Å². The molecule has 0 saturated carbocycles. The quantitative estimate of drug-likeness (QED) is 0.617. The SMILES string of the molecule is Cc1cnc(N2CCC(Oc3cc(=O)n(-c4ccc(C#N)c(F)c4)cc3Cl)CC2)nc1. The van der Waals surface area contributed by atoms with Gasteiger partial charge in [-0.1, -0.05) is 11.6 Å². The first kappa shape index (κ1) is 20.8. The van der Waals surface area contributed by atoms with Gasteiger partial charge in [-0.25, -0.2) is 14.4 Å². The lowest BCUT2D eigenvalue weighted by molar-refractivity contribution is 0.170. The van der Waals surface area contributed by atoms with Gasteiger partial charge in [0, 0.05) is 50.6 Å². The van der Waals surface area contributed by atoms with Gasteiger partial charge in [0.15, 0.2) is 0 Å². The van der Waals surface area contributed by atoms with Crippen molar-refractivity contribution in [3.8, 4) is 17.5 Å². The van der Waals surface area contributed by atoms with Crippen molar-refractivity contribution in [1.82, 2.24) is 14.5 Å². The Hall–Kier alpha value is -3.44. The van der Waals surface area contributed by atoms with E-state index in [2.05, 4.69) is 14.9 Å². The van der Waals surface area contributed by atoms with E-state index in [1.807, 2.05) is 6.92 Å². The number of anilines is 1. The Morgan fingerprint density at radius 1 is 1.23 bits per heavy atom. The Bertz CT molecular complexity index is 1200. The summed E-state index contributed by atoms with van der Waals surface area (Å²) < 4.78 is 21.1. The van der Waals surface area contributed by atoms with Crippen molar-refractivity contribution < 1.29 is 9.13 Å². The summed E-state index contributed by atoms with van der Waals surface area (Å²) in [6.07, 6.45) is 6.35. The van der Waals surface area contributed by atoms with Crippen LogP contribution in [0.15, 0.2) is 47.7 Å². The molecule has 1 aliphatic rings. The molecule has 1 aromatic carbocycles. The predicted molar refractivity (Wildman–Crippen MR) is 114 cm³/mol. The molecule has 0 atom stereocenters. The summed E-state index contributed by atoms with van der Waals surface area (Å²) in [5.41, 5.74) is 0.788. The number of hydrogen-bond donors (Lipinski definition) is 0. The second-order valence-corrected chi connectivity index (χ2v) is 7.74. The number of benzene rings is 1. The number of piperidine rings is 1. The first-order chi connectivity index (χ1) is 14.9. The Labute approximate surface area is 183 Å². The van der Waals surface area contributed by atoms with Gasteiger partial charge in [-0.2, -0.15) is 5.26 Å². The molecule has 0 N–H and O–H groups in total. The van der Waals surface area contributed by atoms with Crippen LogP contribution in [0.3, 0.4) is 0 Å². The lowest BCUT2D eigenvalue weighted by Crippen LogP contribution is -2.39. The molecule has 0 radical (unpaired) electrons. The highest BCUT2D eigenvalue weighted by atomic mass is 35.5. The highest BCUT2D eigenvalue weighted by molar-refractivity contribution is 6.31. The first-order valence-corrected chi connectivity index (χ1v) is 10.1. The van der Waals surface area contributed by atoms with Gasteiger partial charge in [0.25, 0.3) is 5.56 Å². The van der Waals surface area contributed by atoms with Gasteiger partial charge in [0.2, 0.25) is 5.95 Å². The maximum atomic E-state index is 13.9. The lowest BCUT2D eigenvalue weighted by atomic mass is 10.1. The van der Waals surface area contributed by atoms with Gasteiger partial charge >= 0.3 is 0 Å². The molecular weight excluding hydrogens is 421 g/mol. The molecule has 158 valence electrons. The van der Waals surface area contributed by atoms with Crippen LogP contribution in [0.5, 0.6) is 5.75 Å². The van der Waals surface area contributed by atoms with Gasteiger partial charge in [-0.05, 0) is 30.7 Å². The van der Waals surface area contributed by atoms with Crippen LogP contribution in [-0.4, -0.2) is 33.7 Å². The van der Waals surface area contributed by atoms with E-state index in [4.69, 9.17) is 21.6 Å². The van der Waals surface area contributed by atoms with E-state index in [1.165, 1.54) is 29.0 Å². The normalized spacial score (nSPS) is 14.3. The van der Waals surface area contributed by atoms with Gasteiger partial charge in [-0.3, -0.25) is 9.36 Å². The first-order valence-electron chi connectivity index (χ1n) is 9.77. The fourth-order valence-electron chi connectivity index (χ4n) is 3.43. The minimum Gasteiger partial charge on any atom is -0.488 e. The molecule has 4 rings (SSSR count). The number of nitrogens with zero attached hydrogens (tertiary/aromatic N) is 5. The summed E-state index contributed by atoms with van der Waals surface area (Å²) in [5, 5.41) is 9.10. The van der Waals surface area contributed by atoms with Crippen LogP contribution in [0.2, 0.25) is 5.02 Å². The highest BCUT2D eigenvalue weighted by Gasteiger charge is 2.23. The summed E-state index contributed by atoms with van der Waals surface area (Å²) in [5.74, 6) is 0.286. The van der Waals surface area contributed by atoms with Crippen molar-refractivity contribution in [2.75, 3.05) is 18.0 Å². The largest absolute Gasteiger partial charge is 0.488 e. The molecule has 0 spiro atoms.